The van der Waals surface area contributed by atoms with Gasteiger partial charge in [-0.1, -0.05) is 30.3 Å². The molecule has 1 aliphatic rings. The highest BCUT2D eigenvalue weighted by atomic mass is 16.5. The van der Waals surface area contributed by atoms with E-state index in [-0.39, 0.29) is 18.2 Å². The van der Waals surface area contributed by atoms with E-state index in [2.05, 4.69) is 10.3 Å². The molecule has 1 atom stereocenters. The van der Waals surface area contributed by atoms with Crippen LogP contribution in [0.25, 0.3) is 0 Å². The maximum Gasteiger partial charge on any atom is 0.407 e. The van der Waals surface area contributed by atoms with Gasteiger partial charge < -0.3 is 19.7 Å². The summed E-state index contributed by atoms with van der Waals surface area (Å²) in [5, 5.41) is 11.8. The van der Waals surface area contributed by atoms with Gasteiger partial charge >= 0.3 is 12.1 Å². The fourth-order valence-corrected chi connectivity index (χ4v) is 2.79. The van der Waals surface area contributed by atoms with Gasteiger partial charge in [0.25, 0.3) is 0 Å². The lowest BCUT2D eigenvalue weighted by molar-refractivity contribution is 0.0690. The van der Waals surface area contributed by atoms with Crippen LogP contribution < -0.4 is 5.32 Å². The van der Waals surface area contributed by atoms with Gasteiger partial charge in [-0.25, -0.2) is 14.6 Å². The van der Waals surface area contributed by atoms with Crippen molar-refractivity contribution in [1.29, 1.82) is 0 Å². The maximum atomic E-state index is 11.8. The fraction of sp³-hybridized carbons (Fsp3) is 0.353. The SMILES string of the molecule is O=C(NCC1CCc2nc(C(=O)O)cn2C1)OCc1ccccc1. The lowest BCUT2D eigenvalue weighted by Crippen LogP contribution is -2.33. The first-order chi connectivity index (χ1) is 11.6. The molecule has 0 spiro atoms. The average Bonchev–Trinajstić information content (AvgIpc) is 3.02. The Morgan fingerprint density at radius 3 is 2.88 bits per heavy atom. The summed E-state index contributed by atoms with van der Waals surface area (Å²) in [5.74, 6) is 0.00369. The van der Waals surface area contributed by atoms with E-state index in [0.29, 0.717) is 19.5 Å². The van der Waals surface area contributed by atoms with Gasteiger partial charge in [-0.05, 0) is 17.9 Å². The summed E-state index contributed by atoms with van der Waals surface area (Å²) >= 11 is 0. The van der Waals surface area contributed by atoms with Crippen molar-refractivity contribution in [2.45, 2.75) is 26.0 Å². The summed E-state index contributed by atoms with van der Waals surface area (Å²) in [6, 6.07) is 9.50. The van der Waals surface area contributed by atoms with Crippen molar-refractivity contribution in [3.05, 3.63) is 53.6 Å². The number of hydrogen-bond donors (Lipinski definition) is 2. The van der Waals surface area contributed by atoms with Gasteiger partial charge in [0.2, 0.25) is 0 Å². The van der Waals surface area contributed by atoms with Crippen LogP contribution in [0.1, 0.15) is 28.3 Å². The topological polar surface area (TPSA) is 93.5 Å². The van der Waals surface area contributed by atoms with Crippen LogP contribution in [0, 0.1) is 5.92 Å². The molecule has 1 amide bonds. The highest BCUT2D eigenvalue weighted by Crippen LogP contribution is 2.19. The van der Waals surface area contributed by atoms with Gasteiger partial charge in [0.05, 0.1) is 0 Å². The van der Waals surface area contributed by atoms with E-state index in [1.165, 1.54) is 0 Å². The number of nitrogens with zero attached hydrogens (tertiary/aromatic N) is 2. The molecule has 0 aliphatic carbocycles. The molecule has 0 saturated carbocycles. The van der Waals surface area contributed by atoms with Gasteiger partial charge in [-0.3, -0.25) is 0 Å². The van der Waals surface area contributed by atoms with Crippen molar-refractivity contribution in [2.24, 2.45) is 5.92 Å². The highest BCUT2D eigenvalue weighted by molar-refractivity contribution is 5.85. The zero-order valence-electron chi connectivity index (χ0n) is 13.1. The summed E-state index contributed by atoms with van der Waals surface area (Å²) in [4.78, 5) is 26.8. The van der Waals surface area contributed by atoms with Crippen LogP contribution in [0.3, 0.4) is 0 Å². The van der Waals surface area contributed by atoms with E-state index in [0.717, 1.165) is 17.8 Å². The number of imidazole rings is 1. The van der Waals surface area contributed by atoms with Gasteiger partial charge in [0.15, 0.2) is 5.69 Å². The molecule has 126 valence electrons. The monoisotopic (exact) mass is 329 g/mol. The van der Waals surface area contributed by atoms with E-state index in [1.54, 1.807) is 6.20 Å². The molecule has 2 N–H and O–H groups in total. The number of fused-ring (bicyclic) bond motifs is 1. The molecule has 24 heavy (non-hydrogen) atoms. The summed E-state index contributed by atoms with van der Waals surface area (Å²) in [7, 11) is 0. The molecule has 0 radical (unpaired) electrons. The third-order valence-electron chi connectivity index (χ3n) is 4.06. The number of alkyl carbamates (subject to hydrolysis) is 1. The zero-order chi connectivity index (χ0) is 16.9. The minimum Gasteiger partial charge on any atom is -0.476 e. The number of carbonyl (C=O) groups is 2. The van der Waals surface area contributed by atoms with Crippen LogP contribution in [0.5, 0.6) is 0 Å². The minimum atomic E-state index is -1.02. The van der Waals surface area contributed by atoms with Gasteiger partial charge in [-0.15, -0.1) is 0 Å². The van der Waals surface area contributed by atoms with Crippen LogP contribution in [-0.2, 0) is 24.3 Å². The predicted octanol–water partition coefficient (Wildman–Crippen LogP) is 2.07. The highest BCUT2D eigenvalue weighted by Gasteiger charge is 2.22. The number of benzene rings is 1. The first kappa shape index (κ1) is 16.0. The Bertz CT molecular complexity index is 727. The number of hydrogen-bond acceptors (Lipinski definition) is 4. The predicted molar refractivity (Wildman–Crippen MR) is 85.6 cm³/mol. The summed E-state index contributed by atoms with van der Waals surface area (Å²) in [5.41, 5.74) is 1.01. The normalized spacial score (nSPS) is 16.2. The zero-order valence-corrected chi connectivity index (χ0v) is 13.1. The fourth-order valence-electron chi connectivity index (χ4n) is 2.79. The number of rotatable bonds is 5. The number of aryl methyl sites for hydroxylation is 1. The first-order valence-corrected chi connectivity index (χ1v) is 7.85. The smallest absolute Gasteiger partial charge is 0.407 e. The number of carbonyl (C=O) groups excluding carboxylic acids is 1. The van der Waals surface area contributed by atoms with E-state index < -0.39 is 12.1 Å². The summed E-state index contributed by atoms with van der Waals surface area (Å²) in [6.45, 7) is 1.38. The molecule has 1 aromatic carbocycles. The van der Waals surface area contributed by atoms with E-state index in [9.17, 15) is 9.59 Å². The van der Waals surface area contributed by atoms with Crippen molar-refractivity contribution in [1.82, 2.24) is 14.9 Å². The van der Waals surface area contributed by atoms with Crippen molar-refractivity contribution < 1.29 is 19.4 Å². The average molecular weight is 329 g/mol. The van der Waals surface area contributed by atoms with Crippen LogP contribution in [-0.4, -0.2) is 33.3 Å². The molecule has 3 rings (SSSR count). The first-order valence-electron chi connectivity index (χ1n) is 7.85. The lowest BCUT2D eigenvalue weighted by Gasteiger charge is -2.23. The second-order valence-corrected chi connectivity index (χ2v) is 5.85. The van der Waals surface area contributed by atoms with Crippen molar-refractivity contribution >= 4 is 12.1 Å². The third kappa shape index (κ3) is 3.92. The molecule has 0 bridgehead atoms. The third-order valence-corrected chi connectivity index (χ3v) is 4.06. The van der Waals surface area contributed by atoms with Crippen molar-refractivity contribution in [3.63, 3.8) is 0 Å². The number of ether oxygens (including phenoxy) is 1. The maximum absolute atomic E-state index is 11.8. The van der Waals surface area contributed by atoms with Crippen LogP contribution in [0.4, 0.5) is 4.79 Å². The number of carboxylic acid groups (broad SMARTS) is 1. The molecule has 1 aliphatic heterocycles. The minimum absolute atomic E-state index is 0.0703. The number of aromatic nitrogens is 2. The molecular formula is C17H19N3O4. The Kier molecular flexibility index (Phi) is 4.79. The molecule has 0 fully saturated rings. The molecule has 2 heterocycles. The molecule has 2 aromatic rings. The molecule has 1 unspecified atom stereocenters. The van der Waals surface area contributed by atoms with Crippen molar-refractivity contribution in [2.75, 3.05) is 6.54 Å². The summed E-state index contributed by atoms with van der Waals surface area (Å²) in [6.07, 6.45) is 2.67. The van der Waals surface area contributed by atoms with E-state index >= 15 is 0 Å². The Morgan fingerprint density at radius 2 is 2.12 bits per heavy atom. The molecule has 7 nitrogen and oxygen atoms in total. The van der Waals surface area contributed by atoms with E-state index in [4.69, 9.17) is 9.84 Å². The summed E-state index contributed by atoms with van der Waals surface area (Å²) < 4.78 is 7.03. The second-order valence-electron chi connectivity index (χ2n) is 5.85. The number of aromatic carboxylic acids is 1. The Balaban J connectivity index is 1.45. The number of carboxylic acids is 1. The molecular weight excluding hydrogens is 310 g/mol. The van der Waals surface area contributed by atoms with Gasteiger partial charge in [0, 0.05) is 25.7 Å². The second kappa shape index (κ2) is 7.16. The lowest BCUT2D eigenvalue weighted by atomic mass is 9.99. The standard InChI is InChI=1S/C17H19N3O4/c21-16(22)14-10-20-9-13(6-7-15(20)19-14)8-18-17(23)24-11-12-4-2-1-3-5-12/h1-5,10,13H,6-9,11H2,(H,18,23)(H,21,22). The van der Waals surface area contributed by atoms with E-state index in [1.807, 2.05) is 34.9 Å². The molecule has 0 saturated heterocycles. The number of nitrogens with one attached hydrogen (secondary N) is 1. The van der Waals surface area contributed by atoms with Crippen LogP contribution in [0.15, 0.2) is 36.5 Å². The van der Waals surface area contributed by atoms with Crippen LogP contribution >= 0.6 is 0 Å². The molecule has 7 heteroatoms. The largest absolute Gasteiger partial charge is 0.476 e. The Morgan fingerprint density at radius 1 is 1.33 bits per heavy atom. The Labute approximate surface area is 139 Å². The van der Waals surface area contributed by atoms with Crippen LogP contribution in [0.2, 0.25) is 0 Å². The quantitative estimate of drug-likeness (QED) is 0.876. The number of amides is 1. The van der Waals surface area contributed by atoms with Gasteiger partial charge in [0.1, 0.15) is 12.4 Å². The Hall–Kier alpha value is -2.83. The van der Waals surface area contributed by atoms with Gasteiger partial charge in [-0.2, -0.15) is 0 Å². The van der Waals surface area contributed by atoms with Crippen molar-refractivity contribution in [3.8, 4) is 0 Å². The molecule has 1 aromatic heterocycles.